The standard InChI is InChI=1S/C19H17N5O2/c20-17-14-8-10-24(11-16(14)22-12-23-17)19(25)15-7-4-9-21-18(15)26-13-5-2-1-3-6-13/h1-7,9,12H,8,10-11H2,(H2,20,22,23). The molecule has 1 aliphatic rings. The number of pyridine rings is 1. The topological polar surface area (TPSA) is 94.2 Å². The van der Waals surface area contributed by atoms with Gasteiger partial charge in [0.05, 0.1) is 12.2 Å². The fraction of sp³-hybridized carbons (Fsp3) is 0.158. The Hall–Kier alpha value is -3.48. The molecule has 0 atom stereocenters. The van der Waals surface area contributed by atoms with E-state index in [2.05, 4.69) is 15.0 Å². The van der Waals surface area contributed by atoms with Crippen LogP contribution in [0.25, 0.3) is 0 Å². The van der Waals surface area contributed by atoms with Crippen molar-refractivity contribution in [1.29, 1.82) is 0 Å². The van der Waals surface area contributed by atoms with Crippen molar-refractivity contribution >= 4 is 11.7 Å². The van der Waals surface area contributed by atoms with E-state index in [4.69, 9.17) is 10.5 Å². The van der Waals surface area contributed by atoms with Crippen molar-refractivity contribution in [2.24, 2.45) is 0 Å². The van der Waals surface area contributed by atoms with Crippen LogP contribution in [0.3, 0.4) is 0 Å². The van der Waals surface area contributed by atoms with Crippen LogP contribution >= 0.6 is 0 Å². The molecule has 0 spiro atoms. The summed E-state index contributed by atoms with van der Waals surface area (Å²) in [5, 5.41) is 0. The van der Waals surface area contributed by atoms with Gasteiger partial charge in [-0.2, -0.15) is 0 Å². The highest BCUT2D eigenvalue weighted by atomic mass is 16.5. The Bertz CT molecular complexity index is 946. The number of amides is 1. The van der Waals surface area contributed by atoms with Crippen LogP contribution in [0, 0.1) is 0 Å². The van der Waals surface area contributed by atoms with E-state index in [9.17, 15) is 4.79 Å². The molecule has 0 saturated carbocycles. The maximum absolute atomic E-state index is 13.0. The molecule has 2 aromatic heterocycles. The lowest BCUT2D eigenvalue weighted by Crippen LogP contribution is -2.37. The third-order valence-electron chi connectivity index (χ3n) is 4.29. The molecule has 0 fully saturated rings. The first-order valence-electron chi connectivity index (χ1n) is 8.28. The van der Waals surface area contributed by atoms with Gasteiger partial charge in [-0.15, -0.1) is 0 Å². The Morgan fingerprint density at radius 3 is 2.77 bits per heavy atom. The third kappa shape index (κ3) is 3.06. The molecular formula is C19H17N5O2. The average molecular weight is 347 g/mol. The smallest absolute Gasteiger partial charge is 0.259 e. The minimum absolute atomic E-state index is 0.146. The molecule has 1 aliphatic heterocycles. The lowest BCUT2D eigenvalue weighted by Gasteiger charge is -2.28. The number of nitrogens with zero attached hydrogens (tertiary/aromatic N) is 4. The number of nitrogen functional groups attached to an aromatic ring is 1. The number of ether oxygens (including phenoxy) is 1. The Labute approximate surface area is 150 Å². The summed E-state index contributed by atoms with van der Waals surface area (Å²) in [5.74, 6) is 1.25. The van der Waals surface area contributed by atoms with Gasteiger partial charge in [0.15, 0.2) is 0 Å². The zero-order valence-corrected chi connectivity index (χ0v) is 14.0. The number of hydrogen-bond donors (Lipinski definition) is 1. The highest BCUT2D eigenvalue weighted by molar-refractivity contribution is 5.96. The highest BCUT2D eigenvalue weighted by Gasteiger charge is 2.26. The molecule has 3 heterocycles. The second-order valence-corrected chi connectivity index (χ2v) is 5.93. The summed E-state index contributed by atoms with van der Waals surface area (Å²) >= 11 is 0. The molecule has 2 N–H and O–H groups in total. The van der Waals surface area contributed by atoms with Gasteiger partial charge in [-0.1, -0.05) is 18.2 Å². The van der Waals surface area contributed by atoms with Gasteiger partial charge in [0.2, 0.25) is 5.88 Å². The summed E-state index contributed by atoms with van der Waals surface area (Å²) in [5.41, 5.74) is 8.02. The van der Waals surface area contributed by atoms with Crippen molar-refractivity contribution in [2.45, 2.75) is 13.0 Å². The van der Waals surface area contributed by atoms with Gasteiger partial charge in [-0.25, -0.2) is 15.0 Å². The van der Waals surface area contributed by atoms with Gasteiger partial charge in [0.25, 0.3) is 5.91 Å². The zero-order chi connectivity index (χ0) is 17.9. The first-order chi connectivity index (χ1) is 12.7. The fourth-order valence-electron chi connectivity index (χ4n) is 2.96. The van der Waals surface area contributed by atoms with Crippen molar-refractivity contribution in [3.8, 4) is 11.6 Å². The van der Waals surface area contributed by atoms with E-state index in [1.807, 2.05) is 30.3 Å². The normalized spacial score (nSPS) is 13.2. The van der Waals surface area contributed by atoms with Crippen molar-refractivity contribution in [2.75, 3.05) is 12.3 Å². The number of aromatic nitrogens is 3. The number of carbonyl (C=O) groups is 1. The van der Waals surface area contributed by atoms with E-state index in [1.165, 1.54) is 6.33 Å². The first kappa shape index (κ1) is 16.0. The molecule has 0 aliphatic carbocycles. The number of rotatable bonds is 3. The van der Waals surface area contributed by atoms with E-state index in [1.54, 1.807) is 23.2 Å². The fourth-order valence-corrected chi connectivity index (χ4v) is 2.96. The van der Waals surface area contributed by atoms with E-state index in [0.29, 0.717) is 36.6 Å². The van der Waals surface area contributed by atoms with E-state index < -0.39 is 0 Å². The second-order valence-electron chi connectivity index (χ2n) is 5.93. The average Bonchev–Trinajstić information content (AvgIpc) is 2.69. The van der Waals surface area contributed by atoms with E-state index in [-0.39, 0.29) is 11.8 Å². The number of fused-ring (bicyclic) bond motifs is 1. The van der Waals surface area contributed by atoms with E-state index in [0.717, 1.165) is 11.3 Å². The van der Waals surface area contributed by atoms with Gasteiger partial charge in [-0.05, 0) is 30.7 Å². The number of nitrogens with two attached hydrogens (primary N) is 1. The lowest BCUT2D eigenvalue weighted by molar-refractivity contribution is 0.0728. The monoisotopic (exact) mass is 347 g/mol. The van der Waals surface area contributed by atoms with Crippen LogP contribution < -0.4 is 10.5 Å². The Morgan fingerprint density at radius 1 is 1.08 bits per heavy atom. The van der Waals surface area contributed by atoms with Crippen molar-refractivity contribution in [3.05, 3.63) is 71.8 Å². The minimum atomic E-state index is -0.146. The molecule has 1 aromatic carbocycles. The molecule has 0 radical (unpaired) electrons. The first-order valence-corrected chi connectivity index (χ1v) is 8.28. The van der Waals surface area contributed by atoms with E-state index >= 15 is 0 Å². The van der Waals surface area contributed by atoms with Gasteiger partial charge in [0, 0.05) is 18.3 Å². The molecule has 0 unspecified atom stereocenters. The summed E-state index contributed by atoms with van der Waals surface area (Å²) < 4.78 is 5.81. The predicted molar refractivity (Wildman–Crippen MR) is 95.6 cm³/mol. The van der Waals surface area contributed by atoms with Crippen LogP contribution in [0.5, 0.6) is 11.6 Å². The Morgan fingerprint density at radius 2 is 1.92 bits per heavy atom. The Balaban J connectivity index is 1.59. The van der Waals surface area contributed by atoms with Gasteiger partial charge < -0.3 is 15.4 Å². The molecule has 7 nitrogen and oxygen atoms in total. The summed E-state index contributed by atoms with van der Waals surface area (Å²) in [4.78, 5) is 27.3. The molecule has 1 amide bonds. The SMILES string of the molecule is Nc1ncnc2c1CCN(C(=O)c1cccnc1Oc1ccccc1)C2. The molecule has 3 aromatic rings. The maximum atomic E-state index is 13.0. The minimum Gasteiger partial charge on any atom is -0.438 e. The summed E-state index contributed by atoms with van der Waals surface area (Å²) in [6, 6.07) is 12.7. The van der Waals surface area contributed by atoms with Crippen LogP contribution in [0.4, 0.5) is 5.82 Å². The molecule has 26 heavy (non-hydrogen) atoms. The summed E-state index contributed by atoms with van der Waals surface area (Å²) in [6.45, 7) is 0.934. The number of carbonyl (C=O) groups excluding carboxylic acids is 1. The molecule has 0 saturated heterocycles. The molecule has 0 bridgehead atoms. The van der Waals surface area contributed by atoms with Crippen molar-refractivity contribution in [1.82, 2.24) is 19.9 Å². The van der Waals surface area contributed by atoms with Crippen LogP contribution in [0.2, 0.25) is 0 Å². The second kappa shape index (κ2) is 6.79. The summed E-state index contributed by atoms with van der Waals surface area (Å²) in [7, 11) is 0. The third-order valence-corrected chi connectivity index (χ3v) is 4.29. The lowest BCUT2D eigenvalue weighted by atomic mass is 10.0. The number of hydrogen-bond acceptors (Lipinski definition) is 6. The van der Waals surface area contributed by atoms with Crippen LogP contribution in [0.1, 0.15) is 21.6 Å². The summed E-state index contributed by atoms with van der Waals surface area (Å²) in [6.07, 6.45) is 3.66. The number of benzene rings is 1. The van der Waals surface area contributed by atoms with Crippen LogP contribution in [-0.2, 0) is 13.0 Å². The molecule has 7 heteroatoms. The Kier molecular flexibility index (Phi) is 4.18. The highest BCUT2D eigenvalue weighted by Crippen LogP contribution is 2.26. The predicted octanol–water partition coefficient (Wildman–Crippen LogP) is 2.44. The van der Waals surface area contributed by atoms with Gasteiger partial charge >= 0.3 is 0 Å². The van der Waals surface area contributed by atoms with Gasteiger partial charge in [-0.3, -0.25) is 4.79 Å². The van der Waals surface area contributed by atoms with Crippen LogP contribution in [0.15, 0.2) is 55.0 Å². The number of anilines is 1. The molecule has 4 rings (SSSR count). The quantitative estimate of drug-likeness (QED) is 0.782. The zero-order valence-electron chi connectivity index (χ0n) is 14.0. The maximum Gasteiger partial charge on any atom is 0.259 e. The van der Waals surface area contributed by atoms with Crippen molar-refractivity contribution < 1.29 is 9.53 Å². The van der Waals surface area contributed by atoms with Gasteiger partial charge in [0.1, 0.15) is 23.5 Å². The van der Waals surface area contributed by atoms with Crippen LogP contribution in [-0.4, -0.2) is 32.3 Å². The van der Waals surface area contributed by atoms with Crippen molar-refractivity contribution in [3.63, 3.8) is 0 Å². The molecule has 130 valence electrons. The largest absolute Gasteiger partial charge is 0.438 e. The molecular weight excluding hydrogens is 330 g/mol. The number of para-hydroxylation sites is 1.